The van der Waals surface area contributed by atoms with E-state index in [0.29, 0.717) is 12.1 Å². The molecule has 0 saturated carbocycles. The highest BCUT2D eigenvalue weighted by Crippen LogP contribution is 2.22. The number of anilines is 1. The fraction of sp³-hybridized carbons (Fsp3) is 0.467. The van der Waals surface area contributed by atoms with E-state index in [2.05, 4.69) is 16.0 Å². The molecule has 1 atom stereocenters. The highest BCUT2D eigenvalue weighted by Gasteiger charge is 2.20. The molecule has 1 aromatic rings. The van der Waals surface area contributed by atoms with E-state index in [0.717, 1.165) is 6.42 Å². The summed E-state index contributed by atoms with van der Waals surface area (Å²) in [5.41, 5.74) is 0.586. The largest absolute Gasteiger partial charge is 0.380 e. The van der Waals surface area contributed by atoms with Gasteiger partial charge in [0.1, 0.15) is 4.90 Å². The van der Waals surface area contributed by atoms with Gasteiger partial charge in [0.2, 0.25) is 10.0 Å². The van der Waals surface area contributed by atoms with Crippen LogP contribution in [0.3, 0.4) is 0 Å². The minimum absolute atomic E-state index is 0.0652. The third-order valence-electron chi connectivity index (χ3n) is 2.78. The van der Waals surface area contributed by atoms with Crippen LogP contribution in [0.2, 0.25) is 0 Å². The van der Waals surface area contributed by atoms with Gasteiger partial charge >= 0.3 is 0 Å². The molecule has 0 aromatic heterocycles. The van der Waals surface area contributed by atoms with Gasteiger partial charge in [0.15, 0.2) is 0 Å². The summed E-state index contributed by atoms with van der Waals surface area (Å²) in [5, 5.41) is 3.22. The van der Waals surface area contributed by atoms with Gasteiger partial charge in [0.25, 0.3) is 0 Å². The van der Waals surface area contributed by atoms with Crippen molar-refractivity contribution >= 4 is 15.7 Å². The summed E-state index contributed by atoms with van der Waals surface area (Å²) in [6.07, 6.45) is 6.72. The van der Waals surface area contributed by atoms with Gasteiger partial charge in [-0.3, -0.25) is 0 Å². The molecule has 5 heteroatoms. The average Bonchev–Trinajstić information content (AvgIpc) is 2.37. The summed E-state index contributed by atoms with van der Waals surface area (Å²) in [4.78, 5) is 0.254. The number of hydrogen-bond donors (Lipinski definition) is 2. The van der Waals surface area contributed by atoms with Crippen molar-refractivity contribution in [1.82, 2.24) is 4.72 Å². The van der Waals surface area contributed by atoms with Gasteiger partial charge in [0.05, 0.1) is 5.69 Å². The summed E-state index contributed by atoms with van der Waals surface area (Å²) in [6.45, 7) is 5.60. The molecule has 1 aromatic carbocycles. The van der Waals surface area contributed by atoms with Gasteiger partial charge in [-0.05, 0) is 32.4 Å². The molecule has 4 nitrogen and oxygen atoms in total. The number of benzene rings is 1. The van der Waals surface area contributed by atoms with E-state index in [9.17, 15) is 8.42 Å². The predicted octanol–water partition coefficient (Wildman–Crippen LogP) is 2.59. The number of terminal acetylenes is 1. The minimum Gasteiger partial charge on any atom is -0.380 e. The lowest BCUT2D eigenvalue weighted by Crippen LogP contribution is -2.31. The number of hydrogen-bond acceptors (Lipinski definition) is 3. The first-order valence-electron chi connectivity index (χ1n) is 6.72. The molecule has 0 aliphatic rings. The minimum atomic E-state index is -3.52. The van der Waals surface area contributed by atoms with E-state index in [4.69, 9.17) is 6.42 Å². The Bertz CT molecular complexity index is 574. The highest BCUT2D eigenvalue weighted by molar-refractivity contribution is 7.89. The maximum Gasteiger partial charge on any atom is 0.242 e. The second-order valence-electron chi connectivity index (χ2n) is 4.93. The number of rotatable bonds is 7. The molecule has 0 aliphatic heterocycles. The Morgan fingerprint density at radius 2 is 1.95 bits per heavy atom. The monoisotopic (exact) mass is 294 g/mol. The van der Waals surface area contributed by atoms with Crippen LogP contribution in [-0.2, 0) is 10.0 Å². The topological polar surface area (TPSA) is 58.2 Å². The molecular formula is C15H22N2O2S. The Labute approximate surface area is 122 Å². The first-order valence-corrected chi connectivity index (χ1v) is 8.20. The Morgan fingerprint density at radius 3 is 2.50 bits per heavy atom. The number of para-hydroxylation sites is 1. The molecule has 0 heterocycles. The normalized spacial score (nSPS) is 12.9. The SMILES string of the molecule is C#CCC(CC)Nc1ccccc1S(=O)(=O)NC(C)C. The first kappa shape index (κ1) is 16.5. The third-order valence-corrected chi connectivity index (χ3v) is 4.50. The van der Waals surface area contributed by atoms with Gasteiger partial charge in [-0.2, -0.15) is 0 Å². The zero-order valence-corrected chi connectivity index (χ0v) is 13.0. The average molecular weight is 294 g/mol. The van der Waals surface area contributed by atoms with E-state index >= 15 is 0 Å². The molecule has 1 rings (SSSR count). The summed E-state index contributed by atoms with van der Waals surface area (Å²) in [6, 6.07) is 6.78. The van der Waals surface area contributed by atoms with Crippen LogP contribution in [0.25, 0.3) is 0 Å². The molecule has 0 amide bonds. The molecule has 2 N–H and O–H groups in total. The summed E-state index contributed by atoms with van der Waals surface area (Å²) in [5.74, 6) is 2.60. The molecule has 0 bridgehead atoms. The smallest absolute Gasteiger partial charge is 0.242 e. The van der Waals surface area contributed by atoms with Crippen LogP contribution in [0.4, 0.5) is 5.69 Å². The molecule has 0 saturated heterocycles. The fourth-order valence-corrected chi connectivity index (χ4v) is 3.28. The van der Waals surface area contributed by atoms with Gasteiger partial charge in [-0.25, -0.2) is 13.1 Å². The van der Waals surface area contributed by atoms with Gasteiger partial charge < -0.3 is 5.32 Å². The summed E-state index contributed by atoms with van der Waals surface area (Å²) >= 11 is 0. The maximum atomic E-state index is 12.3. The van der Waals surface area contributed by atoms with Crippen LogP contribution in [0.5, 0.6) is 0 Å². The Kier molecular flexibility index (Phi) is 6.05. The van der Waals surface area contributed by atoms with Gasteiger partial charge in [0, 0.05) is 18.5 Å². The lowest BCUT2D eigenvalue weighted by molar-refractivity contribution is 0.570. The standard InChI is InChI=1S/C15H22N2O2S/c1-5-9-13(6-2)16-14-10-7-8-11-15(14)20(18,19)17-12(3)4/h1,7-8,10-13,16-17H,6,9H2,2-4H3. The van der Waals surface area contributed by atoms with E-state index < -0.39 is 10.0 Å². The maximum absolute atomic E-state index is 12.3. The number of sulfonamides is 1. The molecular weight excluding hydrogens is 272 g/mol. The fourth-order valence-electron chi connectivity index (χ4n) is 1.85. The van der Waals surface area contributed by atoms with Crippen molar-refractivity contribution in [3.05, 3.63) is 24.3 Å². The lowest BCUT2D eigenvalue weighted by Gasteiger charge is -2.19. The molecule has 110 valence electrons. The molecule has 0 fully saturated rings. The number of nitrogens with one attached hydrogen (secondary N) is 2. The Hall–Kier alpha value is -1.51. The molecule has 0 spiro atoms. The lowest BCUT2D eigenvalue weighted by atomic mass is 10.1. The molecule has 1 unspecified atom stereocenters. The summed E-state index contributed by atoms with van der Waals surface area (Å²) in [7, 11) is -3.52. The van der Waals surface area contributed by atoms with E-state index in [-0.39, 0.29) is 17.0 Å². The van der Waals surface area contributed by atoms with Crippen LogP contribution >= 0.6 is 0 Å². The van der Waals surface area contributed by atoms with Crippen molar-refractivity contribution in [2.75, 3.05) is 5.32 Å². The Balaban J connectivity index is 3.08. The molecule has 20 heavy (non-hydrogen) atoms. The van der Waals surface area contributed by atoms with Crippen LogP contribution in [0.1, 0.15) is 33.6 Å². The highest BCUT2D eigenvalue weighted by atomic mass is 32.2. The van der Waals surface area contributed by atoms with Crippen LogP contribution in [0.15, 0.2) is 29.2 Å². The second kappa shape index (κ2) is 7.32. The van der Waals surface area contributed by atoms with Crippen molar-refractivity contribution in [3.63, 3.8) is 0 Å². The van der Waals surface area contributed by atoms with Crippen molar-refractivity contribution < 1.29 is 8.42 Å². The summed E-state index contributed by atoms with van der Waals surface area (Å²) < 4.78 is 27.2. The zero-order valence-electron chi connectivity index (χ0n) is 12.2. The second-order valence-corrected chi connectivity index (χ2v) is 6.61. The molecule has 0 aliphatic carbocycles. The van der Waals surface area contributed by atoms with Crippen LogP contribution < -0.4 is 10.0 Å². The van der Waals surface area contributed by atoms with Gasteiger partial charge in [-0.1, -0.05) is 19.1 Å². The van der Waals surface area contributed by atoms with Gasteiger partial charge in [-0.15, -0.1) is 12.3 Å². The Morgan fingerprint density at radius 1 is 1.30 bits per heavy atom. The third kappa shape index (κ3) is 4.55. The van der Waals surface area contributed by atoms with E-state index in [1.807, 2.05) is 6.92 Å². The quantitative estimate of drug-likeness (QED) is 0.760. The van der Waals surface area contributed by atoms with Crippen molar-refractivity contribution in [2.45, 2.75) is 50.6 Å². The van der Waals surface area contributed by atoms with E-state index in [1.165, 1.54) is 0 Å². The van der Waals surface area contributed by atoms with E-state index in [1.54, 1.807) is 38.1 Å². The first-order chi connectivity index (χ1) is 9.40. The van der Waals surface area contributed by atoms with Crippen LogP contribution in [-0.4, -0.2) is 20.5 Å². The predicted molar refractivity (Wildman–Crippen MR) is 83.1 cm³/mol. The van der Waals surface area contributed by atoms with Crippen LogP contribution in [0, 0.1) is 12.3 Å². The molecule has 0 radical (unpaired) electrons. The van der Waals surface area contributed by atoms with Crippen molar-refractivity contribution in [3.8, 4) is 12.3 Å². The zero-order chi connectivity index (χ0) is 15.2. The van der Waals surface area contributed by atoms with Crippen molar-refractivity contribution in [2.24, 2.45) is 0 Å². The van der Waals surface area contributed by atoms with Crippen molar-refractivity contribution in [1.29, 1.82) is 0 Å².